The van der Waals surface area contributed by atoms with Gasteiger partial charge in [-0.2, -0.15) is 0 Å². The maximum atomic E-state index is 5.81. The maximum Gasteiger partial charge on any atom is 0.182 e. The fraction of sp³-hybridized carbons (Fsp3) is 0.400. The highest BCUT2D eigenvalue weighted by Crippen LogP contribution is 2.22. The Morgan fingerprint density at radius 2 is 1.95 bits per heavy atom. The van der Waals surface area contributed by atoms with Gasteiger partial charge in [0.15, 0.2) is 5.13 Å². The van der Waals surface area contributed by atoms with Crippen LogP contribution in [0.15, 0.2) is 24.4 Å². The standard InChI is InChI=1S/C15H20N2OS/c1-4-5-16-15-17-9-14(19-15)10-18-13-7-11(2)6-12(3)8-13/h6-9H,4-5,10H2,1-3H3,(H,16,17). The van der Waals surface area contributed by atoms with Gasteiger partial charge in [0.1, 0.15) is 12.4 Å². The Labute approximate surface area is 118 Å². The number of hydrogen-bond acceptors (Lipinski definition) is 4. The number of aromatic nitrogens is 1. The van der Waals surface area contributed by atoms with Crippen LogP contribution >= 0.6 is 11.3 Å². The molecule has 2 rings (SSSR count). The summed E-state index contributed by atoms with van der Waals surface area (Å²) in [5, 5.41) is 4.26. The van der Waals surface area contributed by atoms with Gasteiger partial charge in [-0.05, 0) is 43.5 Å². The van der Waals surface area contributed by atoms with Crippen LogP contribution in [0.1, 0.15) is 29.3 Å². The summed E-state index contributed by atoms with van der Waals surface area (Å²) >= 11 is 1.65. The Balaban J connectivity index is 1.92. The highest BCUT2D eigenvalue weighted by Gasteiger charge is 2.03. The molecule has 0 unspecified atom stereocenters. The summed E-state index contributed by atoms with van der Waals surface area (Å²) in [4.78, 5) is 5.47. The molecule has 0 spiro atoms. The van der Waals surface area contributed by atoms with E-state index >= 15 is 0 Å². The van der Waals surface area contributed by atoms with E-state index in [1.807, 2.05) is 6.20 Å². The molecule has 0 fully saturated rings. The van der Waals surface area contributed by atoms with E-state index in [4.69, 9.17) is 4.74 Å². The highest BCUT2D eigenvalue weighted by atomic mass is 32.1. The van der Waals surface area contributed by atoms with E-state index in [2.05, 4.69) is 49.3 Å². The number of nitrogens with one attached hydrogen (secondary N) is 1. The second-order valence-corrected chi connectivity index (χ2v) is 5.79. The molecule has 4 heteroatoms. The van der Waals surface area contributed by atoms with Gasteiger partial charge in [-0.3, -0.25) is 0 Å². The highest BCUT2D eigenvalue weighted by molar-refractivity contribution is 7.15. The summed E-state index contributed by atoms with van der Waals surface area (Å²) in [7, 11) is 0. The van der Waals surface area contributed by atoms with Gasteiger partial charge in [0.2, 0.25) is 0 Å². The van der Waals surface area contributed by atoms with Crippen molar-refractivity contribution in [1.29, 1.82) is 0 Å². The van der Waals surface area contributed by atoms with Crippen LogP contribution in [-0.2, 0) is 6.61 Å². The summed E-state index contributed by atoms with van der Waals surface area (Å²) in [5.41, 5.74) is 2.45. The van der Waals surface area contributed by atoms with Crippen molar-refractivity contribution >= 4 is 16.5 Å². The topological polar surface area (TPSA) is 34.2 Å². The lowest BCUT2D eigenvalue weighted by Gasteiger charge is -2.06. The lowest BCUT2D eigenvalue weighted by Crippen LogP contribution is -1.97. The van der Waals surface area contributed by atoms with Crippen molar-refractivity contribution in [1.82, 2.24) is 4.98 Å². The molecule has 0 aliphatic rings. The monoisotopic (exact) mass is 276 g/mol. The SMILES string of the molecule is CCCNc1ncc(COc2cc(C)cc(C)c2)s1. The van der Waals surface area contributed by atoms with E-state index < -0.39 is 0 Å². The molecule has 1 N–H and O–H groups in total. The maximum absolute atomic E-state index is 5.81. The van der Waals surface area contributed by atoms with Crippen molar-refractivity contribution in [2.24, 2.45) is 0 Å². The smallest absolute Gasteiger partial charge is 0.182 e. The van der Waals surface area contributed by atoms with Crippen LogP contribution in [0.3, 0.4) is 0 Å². The van der Waals surface area contributed by atoms with Crippen LogP contribution in [0.2, 0.25) is 0 Å². The third-order valence-corrected chi connectivity index (χ3v) is 3.58. The fourth-order valence-electron chi connectivity index (χ4n) is 1.86. The molecule has 0 bridgehead atoms. The first-order valence-electron chi connectivity index (χ1n) is 6.57. The van der Waals surface area contributed by atoms with Gasteiger partial charge in [0.05, 0.1) is 4.88 Å². The first-order chi connectivity index (χ1) is 9.17. The molecule has 1 heterocycles. The average molecular weight is 276 g/mol. The minimum atomic E-state index is 0.578. The molecule has 1 aromatic carbocycles. The van der Waals surface area contributed by atoms with Crippen molar-refractivity contribution in [2.45, 2.75) is 33.8 Å². The molecule has 0 radical (unpaired) electrons. The predicted molar refractivity (Wildman–Crippen MR) is 81.1 cm³/mol. The second kappa shape index (κ2) is 6.57. The summed E-state index contributed by atoms with van der Waals surface area (Å²) < 4.78 is 5.81. The summed E-state index contributed by atoms with van der Waals surface area (Å²) in [5.74, 6) is 0.925. The second-order valence-electron chi connectivity index (χ2n) is 4.67. The largest absolute Gasteiger partial charge is 0.488 e. The molecule has 19 heavy (non-hydrogen) atoms. The average Bonchev–Trinajstić information content (AvgIpc) is 2.81. The fourth-order valence-corrected chi connectivity index (χ4v) is 2.61. The zero-order chi connectivity index (χ0) is 13.7. The van der Waals surface area contributed by atoms with Gasteiger partial charge in [-0.1, -0.05) is 24.3 Å². The van der Waals surface area contributed by atoms with Crippen molar-refractivity contribution < 1.29 is 4.74 Å². The number of aryl methyl sites for hydroxylation is 2. The van der Waals surface area contributed by atoms with Gasteiger partial charge >= 0.3 is 0 Å². The van der Waals surface area contributed by atoms with Gasteiger partial charge in [0.25, 0.3) is 0 Å². The Kier molecular flexibility index (Phi) is 4.80. The molecule has 0 saturated heterocycles. The third kappa shape index (κ3) is 4.24. The van der Waals surface area contributed by atoms with E-state index in [1.54, 1.807) is 11.3 Å². The van der Waals surface area contributed by atoms with Crippen molar-refractivity contribution in [2.75, 3.05) is 11.9 Å². The predicted octanol–water partition coefficient (Wildman–Crippen LogP) is 4.16. The van der Waals surface area contributed by atoms with Crippen LogP contribution in [0, 0.1) is 13.8 Å². The zero-order valence-electron chi connectivity index (χ0n) is 11.7. The molecule has 0 aliphatic carbocycles. The summed E-state index contributed by atoms with van der Waals surface area (Å²) in [6, 6.07) is 6.26. The van der Waals surface area contributed by atoms with Crippen LogP contribution in [0.5, 0.6) is 5.75 Å². The summed E-state index contributed by atoms with van der Waals surface area (Å²) in [6.07, 6.45) is 2.99. The molecular formula is C15H20N2OS. The van der Waals surface area contributed by atoms with Crippen LogP contribution < -0.4 is 10.1 Å². The first kappa shape index (κ1) is 13.9. The lowest BCUT2D eigenvalue weighted by molar-refractivity contribution is 0.309. The van der Waals surface area contributed by atoms with Gasteiger partial charge in [-0.15, -0.1) is 0 Å². The van der Waals surface area contributed by atoms with Gasteiger partial charge in [-0.25, -0.2) is 4.98 Å². The van der Waals surface area contributed by atoms with Crippen molar-refractivity contribution in [3.05, 3.63) is 40.4 Å². The van der Waals surface area contributed by atoms with E-state index in [0.717, 1.165) is 28.7 Å². The van der Waals surface area contributed by atoms with Gasteiger partial charge < -0.3 is 10.1 Å². The quantitative estimate of drug-likeness (QED) is 0.860. The van der Waals surface area contributed by atoms with Crippen molar-refractivity contribution in [3.63, 3.8) is 0 Å². The first-order valence-corrected chi connectivity index (χ1v) is 7.38. The number of ether oxygens (including phenoxy) is 1. The molecule has 102 valence electrons. The molecule has 0 aliphatic heterocycles. The lowest BCUT2D eigenvalue weighted by atomic mass is 10.1. The third-order valence-electron chi connectivity index (χ3n) is 2.66. The van der Waals surface area contributed by atoms with Crippen LogP contribution in [0.4, 0.5) is 5.13 Å². The molecule has 1 aromatic heterocycles. The molecule has 2 aromatic rings. The minimum Gasteiger partial charge on any atom is -0.488 e. The summed E-state index contributed by atoms with van der Waals surface area (Å²) in [6.45, 7) is 7.85. The molecule has 0 saturated carbocycles. The van der Waals surface area contributed by atoms with Crippen LogP contribution in [0.25, 0.3) is 0 Å². The Morgan fingerprint density at radius 1 is 1.21 bits per heavy atom. The molecule has 0 atom stereocenters. The number of hydrogen-bond donors (Lipinski definition) is 1. The van der Waals surface area contributed by atoms with Gasteiger partial charge in [0, 0.05) is 12.7 Å². The van der Waals surface area contributed by atoms with Crippen LogP contribution in [-0.4, -0.2) is 11.5 Å². The zero-order valence-corrected chi connectivity index (χ0v) is 12.5. The Morgan fingerprint density at radius 3 is 2.63 bits per heavy atom. The number of nitrogens with zero attached hydrogens (tertiary/aromatic N) is 1. The van der Waals surface area contributed by atoms with Crippen molar-refractivity contribution in [3.8, 4) is 5.75 Å². The Bertz CT molecular complexity index is 516. The van der Waals surface area contributed by atoms with E-state index in [0.29, 0.717) is 6.61 Å². The molecule has 0 amide bonds. The van der Waals surface area contributed by atoms with E-state index in [-0.39, 0.29) is 0 Å². The number of anilines is 1. The number of thiazole rings is 1. The van der Waals surface area contributed by atoms with E-state index in [9.17, 15) is 0 Å². The molecule has 3 nitrogen and oxygen atoms in total. The molecular weight excluding hydrogens is 256 g/mol. The Hall–Kier alpha value is -1.55. The number of benzene rings is 1. The van der Waals surface area contributed by atoms with E-state index in [1.165, 1.54) is 11.1 Å². The normalized spacial score (nSPS) is 10.5. The number of rotatable bonds is 6. The minimum absolute atomic E-state index is 0.578.